The predicted octanol–water partition coefficient (Wildman–Crippen LogP) is 3.96. The zero-order valence-corrected chi connectivity index (χ0v) is 15.9. The monoisotopic (exact) mass is 396 g/mol. The molecule has 0 fully saturated rings. The molecule has 0 spiro atoms. The number of hydrogen-bond acceptors (Lipinski definition) is 4. The van der Waals surface area contributed by atoms with Crippen molar-refractivity contribution in [2.75, 3.05) is 19.7 Å². The molecule has 6 heteroatoms. The number of benzene rings is 2. The van der Waals surface area contributed by atoms with Crippen molar-refractivity contribution in [3.05, 3.63) is 83.1 Å². The average molecular weight is 396 g/mol. The number of hydrogen-bond donors (Lipinski definition) is 1. The van der Waals surface area contributed by atoms with Gasteiger partial charge in [-0.3, -0.25) is 4.90 Å². The van der Waals surface area contributed by atoms with E-state index in [0.717, 1.165) is 30.8 Å². The van der Waals surface area contributed by atoms with E-state index in [1.807, 2.05) is 6.07 Å². The van der Waals surface area contributed by atoms with Gasteiger partial charge in [0.15, 0.2) is 0 Å². The van der Waals surface area contributed by atoms with Crippen molar-refractivity contribution in [2.45, 2.75) is 19.6 Å². The Hall–Kier alpha value is -2.83. The first kappa shape index (κ1) is 19.5. The smallest absolute Gasteiger partial charge is 0.213 e. The summed E-state index contributed by atoms with van der Waals surface area (Å²) < 4.78 is 34.7. The third kappa shape index (κ3) is 4.28. The zero-order chi connectivity index (χ0) is 20.2. The quantitative estimate of drug-likeness (QED) is 0.685. The summed E-state index contributed by atoms with van der Waals surface area (Å²) in [6.07, 6.45) is 0.781. The number of halogens is 2. The van der Waals surface area contributed by atoms with Crippen LogP contribution in [0.2, 0.25) is 0 Å². The molecule has 0 aliphatic carbocycles. The second-order valence-corrected chi connectivity index (χ2v) is 7.05. The topological polar surface area (TPSA) is 45.6 Å². The SMILES string of the molecule is OCCN1CCc2nc(OCc3cccc(-c4ccccc4F)c3F)ccc2C1. The van der Waals surface area contributed by atoms with Gasteiger partial charge in [-0.25, -0.2) is 13.8 Å². The van der Waals surface area contributed by atoms with Crippen LogP contribution in [0.5, 0.6) is 5.88 Å². The predicted molar refractivity (Wildman–Crippen MR) is 106 cm³/mol. The van der Waals surface area contributed by atoms with E-state index in [1.165, 1.54) is 6.07 Å². The molecule has 1 aliphatic rings. The maximum absolute atomic E-state index is 14.9. The van der Waals surface area contributed by atoms with Crippen molar-refractivity contribution >= 4 is 0 Å². The van der Waals surface area contributed by atoms with E-state index in [-0.39, 0.29) is 24.3 Å². The molecule has 0 radical (unpaired) electrons. The number of ether oxygens (including phenoxy) is 1. The minimum atomic E-state index is -0.491. The van der Waals surface area contributed by atoms with Crippen LogP contribution in [0.25, 0.3) is 11.1 Å². The summed E-state index contributed by atoms with van der Waals surface area (Å²) in [5, 5.41) is 9.09. The fourth-order valence-corrected chi connectivity index (χ4v) is 3.60. The molecule has 29 heavy (non-hydrogen) atoms. The molecule has 3 aromatic rings. The number of nitrogens with zero attached hydrogens (tertiary/aromatic N) is 2. The van der Waals surface area contributed by atoms with Crippen LogP contribution in [0, 0.1) is 11.6 Å². The second-order valence-electron chi connectivity index (χ2n) is 7.05. The molecule has 4 nitrogen and oxygen atoms in total. The molecule has 0 saturated carbocycles. The van der Waals surface area contributed by atoms with E-state index < -0.39 is 11.6 Å². The van der Waals surface area contributed by atoms with Gasteiger partial charge in [-0.1, -0.05) is 42.5 Å². The lowest BCUT2D eigenvalue weighted by atomic mass is 10.0. The maximum Gasteiger partial charge on any atom is 0.213 e. The molecule has 0 atom stereocenters. The molecule has 2 aromatic carbocycles. The Bertz CT molecular complexity index is 1010. The molecule has 1 aliphatic heterocycles. The number of β-amino-alcohol motifs (C(OH)–C–C–N with tert-alkyl or cyclic N) is 1. The van der Waals surface area contributed by atoms with Gasteiger partial charge in [-0.15, -0.1) is 0 Å². The van der Waals surface area contributed by atoms with Crippen LogP contribution in [0.3, 0.4) is 0 Å². The Balaban J connectivity index is 1.49. The molecular weight excluding hydrogens is 374 g/mol. The summed E-state index contributed by atoms with van der Waals surface area (Å²) in [5.41, 5.74) is 2.87. The third-order valence-electron chi connectivity index (χ3n) is 5.14. The molecule has 0 bridgehead atoms. The van der Waals surface area contributed by atoms with E-state index in [9.17, 15) is 8.78 Å². The number of pyridine rings is 1. The number of aromatic nitrogens is 1. The first-order valence-electron chi connectivity index (χ1n) is 9.63. The number of fused-ring (bicyclic) bond motifs is 1. The van der Waals surface area contributed by atoms with Crippen molar-refractivity contribution in [3.8, 4) is 17.0 Å². The van der Waals surface area contributed by atoms with Gasteiger partial charge < -0.3 is 9.84 Å². The van der Waals surface area contributed by atoms with E-state index in [2.05, 4.69) is 9.88 Å². The van der Waals surface area contributed by atoms with Crippen LogP contribution in [-0.2, 0) is 19.6 Å². The van der Waals surface area contributed by atoms with Crippen molar-refractivity contribution in [1.82, 2.24) is 9.88 Å². The first-order chi connectivity index (χ1) is 14.2. The van der Waals surface area contributed by atoms with Crippen LogP contribution >= 0.6 is 0 Å². The summed E-state index contributed by atoms with van der Waals surface area (Å²) in [6, 6.07) is 14.8. The van der Waals surface area contributed by atoms with Crippen molar-refractivity contribution in [3.63, 3.8) is 0 Å². The molecular formula is C23H22F2N2O2. The summed E-state index contributed by atoms with van der Waals surface area (Å²) in [7, 11) is 0. The maximum atomic E-state index is 14.9. The van der Waals surface area contributed by atoms with Crippen LogP contribution in [0.1, 0.15) is 16.8 Å². The Morgan fingerprint density at radius 1 is 1.00 bits per heavy atom. The molecule has 0 saturated heterocycles. The molecule has 0 unspecified atom stereocenters. The van der Waals surface area contributed by atoms with Gasteiger partial charge in [0.1, 0.15) is 18.2 Å². The lowest BCUT2D eigenvalue weighted by Gasteiger charge is -2.27. The number of rotatable bonds is 6. The molecule has 150 valence electrons. The minimum absolute atomic E-state index is 0.0105. The van der Waals surface area contributed by atoms with Crippen molar-refractivity contribution in [1.29, 1.82) is 0 Å². The molecule has 0 amide bonds. The largest absolute Gasteiger partial charge is 0.473 e. The van der Waals surface area contributed by atoms with Crippen LogP contribution in [0.4, 0.5) is 8.78 Å². The summed E-state index contributed by atoms with van der Waals surface area (Å²) in [6.45, 7) is 2.39. The summed E-state index contributed by atoms with van der Waals surface area (Å²) in [5.74, 6) is -0.513. The highest BCUT2D eigenvalue weighted by molar-refractivity contribution is 5.65. The highest BCUT2D eigenvalue weighted by atomic mass is 19.1. The molecule has 1 aromatic heterocycles. The van der Waals surface area contributed by atoms with Gasteiger partial charge in [0.2, 0.25) is 5.88 Å². The van der Waals surface area contributed by atoms with E-state index in [0.29, 0.717) is 18.0 Å². The van der Waals surface area contributed by atoms with Crippen molar-refractivity contribution < 1.29 is 18.6 Å². The lowest BCUT2D eigenvalue weighted by molar-refractivity contribution is 0.183. The van der Waals surface area contributed by atoms with Gasteiger partial charge in [-0.05, 0) is 11.6 Å². The number of aliphatic hydroxyl groups excluding tert-OH is 1. The standard InChI is InChI=1S/C23H22F2N2O2/c24-20-7-2-1-5-18(20)19-6-3-4-17(23(19)25)15-29-22-9-8-16-14-27(12-13-28)11-10-21(16)26-22/h1-9,28H,10-15H2. The fraction of sp³-hybridized carbons (Fsp3) is 0.261. The third-order valence-corrected chi connectivity index (χ3v) is 5.14. The molecule has 4 rings (SSSR count). The van der Waals surface area contributed by atoms with E-state index in [1.54, 1.807) is 42.5 Å². The van der Waals surface area contributed by atoms with Gasteiger partial charge >= 0.3 is 0 Å². The Morgan fingerprint density at radius 2 is 1.83 bits per heavy atom. The van der Waals surface area contributed by atoms with E-state index in [4.69, 9.17) is 9.84 Å². The zero-order valence-electron chi connectivity index (χ0n) is 15.9. The van der Waals surface area contributed by atoms with E-state index >= 15 is 0 Å². The fourth-order valence-electron chi connectivity index (χ4n) is 3.60. The van der Waals surface area contributed by atoms with Gasteiger partial charge in [0, 0.05) is 48.8 Å². The first-order valence-corrected chi connectivity index (χ1v) is 9.63. The normalized spacial score (nSPS) is 13.9. The Labute approximate surface area is 168 Å². The Morgan fingerprint density at radius 3 is 2.66 bits per heavy atom. The highest BCUT2D eigenvalue weighted by Crippen LogP contribution is 2.28. The molecule has 1 N–H and O–H groups in total. The Kier molecular flexibility index (Phi) is 5.83. The average Bonchev–Trinajstić information content (AvgIpc) is 2.74. The van der Waals surface area contributed by atoms with Crippen molar-refractivity contribution in [2.24, 2.45) is 0 Å². The summed E-state index contributed by atoms with van der Waals surface area (Å²) >= 11 is 0. The second kappa shape index (κ2) is 8.68. The van der Waals surface area contributed by atoms with Crippen LogP contribution in [-0.4, -0.2) is 34.7 Å². The van der Waals surface area contributed by atoms with Gasteiger partial charge in [-0.2, -0.15) is 0 Å². The lowest BCUT2D eigenvalue weighted by Crippen LogP contribution is -2.33. The van der Waals surface area contributed by atoms with Gasteiger partial charge in [0.05, 0.1) is 12.3 Å². The van der Waals surface area contributed by atoms with Gasteiger partial charge in [0.25, 0.3) is 0 Å². The summed E-state index contributed by atoms with van der Waals surface area (Å²) in [4.78, 5) is 6.73. The highest BCUT2D eigenvalue weighted by Gasteiger charge is 2.18. The van der Waals surface area contributed by atoms with Crippen LogP contribution in [0.15, 0.2) is 54.6 Å². The minimum Gasteiger partial charge on any atom is -0.473 e. The molecule has 2 heterocycles. The van der Waals surface area contributed by atoms with Crippen LogP contribution < -0.4 is 4.74 Å². The number of aliphatic hydroxyl groups is 1.